The summed E-state index contributed by atoms with van der Waals surface area (Å²) >= 11 is 0. The van der Waals surface area contributed by atoms with Crippen LogP contribution in [-0.4, -0.2) is 11.6 Å². The van der Waals surface area contributed by atoms with E-state index in [2.05, 4.69) is 17.5 Å². The van der Waals surface area contributed by atoms with E-state index in [4.69, 9.17) is 4.42 Å². The van der Waals surface area contributed by atoms with Crippen molar-refractivity contribution < 1.29 is 9.21 Å². The molecule has 0 atom stereocenters. The molecule has 1 rings (SSSR count). The number of rotatable bonds is 8. The van der Waals surface area contributed by atoms with Crippen molar-refractivity contribution in [1.82, 2.24) is 5.43 Å². The minimum atomic E-state index is -0.0286. The molecule has 0 aliphatic rings. The number of carbonyl (C=O) groups is 1. The van der Waals surface area contributed by atoms with Crippen LogP contribution >= 0.6 is 0 Å². The third-order valence-electron chi connectivity index (χ3n) is 2.95. The third kappa shape index (κ3) is 6.22. The fourth-order valence-corrected chi connectivity index (χ4v) is 1.78. The van der Waals surface area contributed by atoms with Gasteiger partial charge in [0.05, 0.1) is 0 Å². The van der Waals surface area contributed by atoms with Crippen LogP contribution in [0, 0.1) is 6.92 Å². The molecule has 0 radical (unpaired) electrons. The first kappa shape index (κ1) is 15.5. The van der Waals surface area contributed by atoms with E-state index in [1.807, 2.05) is 26.0 Å². The van der Waals surface area contributed by atoms with Crippen molar-refractivity contribution in [2.24, 2.45) is 5.10 Å². The molecule has 19 heavy (non-hydrogen) atoms. The monoisotopic (exact) mass is 264 g/mol. The molecule has 0 fully saturated rings. The number of carbonyl (C=O) groups excluding carboxylic acids is 1. The Labute approximate surface area is 115 Å². The van der Waals surface area contributed by atoms with Crippen LogP contribution in [0.2, 0.25) is 0 Å². The molecule has 0 unspecified atom stereocenters. The number of nitrogens with one attached hydrogen (secondary N) is 1. The van der Waals surface area contributed by atoms with Crippen molar-refractivity contribution in [3.8, 4) is 0 Å². The predicted molar refractivity (Wildman–Crippen MR) is 77.2 cm³/mol. The van der Waals surface area contributed by atoms with Gasteiger partial charge in [-0.05, 0) is 32.4 Å². The lowest BCUT2D eigenvalue weighted by Crippen LogP contribution is -2.18. The molecule has 0 saturated heterocycles. The number of nitrogens with zero attached hydrogens (tertiary/aromatic N) is 1. The lowest BCUT2D eigenvalue weighted by molar-refractivity contribution is -0.121. The van der Waals surface area contributed by atoms with Crippen LogP contribution in [0.5, 0.6) is 0 Å². The highest BCUT2D eigenvalue weighted by Crippen LogP contribution is 2.07. The van der Waals surface area contributed by atoms with Gasteiger partial charge in [-0.25, -0.2) is 5.43 Å². The molecule has 0 aliphatic carbocycles. The molecule has 0 aliphatic heterocycles. The molecular formula is C15H24N2O2. The molecule has 1 aromatic rings. The molecule has 1 aromatic heterocycles. The van der Waals surface area contributed by atoms with Gasteiger partial charge in [0.25, 0.3) is 0 Å². The topological polar surface area (TPSA) is 54.6 Å². The van der Waals surface area contributed by atoms with Crippen molar-refractivity contribution >= 4 is 11.6 Å². The number of amides is 1. The van der Waals surface area contributed by atoms with Crippen LogP contribution in [0.25, 0.3) is 0 Å². The largest absolute Gasteiger partial charge is 0.460 e. The Balaban J connectivity index is 2.25. The predicted octanol–water partition coefficient (Wildman–Crippen LogP) is 3.79. The van der Waals surface area contributed by atoms with Gasteiger partial charge in [0.1, 0.15) is 17.2 Å². The van der Waals surface area contributed by atoms with E-state index in [1.165, 1.54) is 19.3 Å². The zero-order valence-corrected chi connectivity index (χ0v) is 12.2. The van der Waals surface area contributed by atoms with Crippen molar-refractivity contribution in [1.29, 1.82) is 0 Å². The van der Waals surface area contributed by atoms with Gasteiger partial charge in [-0.1, -0.05) is 32.6 Å². The summed E-state index contributed by atoms with van der Waals surface area (Å²) in [6, 6.07) is 3.73. The molecule has 4 heteroatoms. The molecule has 106 valence electrons. The highest BCUT2D eigenvalue weighted by molar-refractivity contribution is 5.96. The summed E-state index contributed by atoms with van der Waals surface area (Å²) in [5.41, 5.74) is 3.26. The number of furan rings is 1. The highest BCUT2D eigenvalue weighted by atomic mass is 16.3. The molecule has 4 nitrogen and oxygen atoms in total. The molecule has 0 aromatic carbocycles. The van der Waals surface area contributed by atoms with Gasteiger partial charge in [-0.15, -0.1) is 0 Å². The average molecular weight is 264 g/mol. The summed E-state index contributed by atoms with van der Waals surface area (Å²) in [7, 11) is 0. The van der Waals surface area contributed by atoms with Gasteiger partial charge in [0.15, 0.2) is 0 Å². The first-order chi connectivity index (χ1) is 9.13. The molecule has 1 heterocycles. The van der Waals surface area contributed by atoms with E-state index >= 15 is 0 Å². The Hall–Kier alpha value is -1.58. The van der Waals surface area contributed by atoms with Gasteiger partial charge in [0.2, 0.25) is 5.91 Å². The highest BCUT2D eigenvalue weighted by Gasteiger charge is 2.04. The van der Waals surface area contributed by atoms with Crippen LogP contribution in [0.3, 0.4) is 0 Å². The van der Waals surface area contributed by atoms with Gasteiger partial charge < -0.3 is 4.42 Å². The number of aryl methyl sites for hydroxylation is 1. The lowest BCUT2D eigenvalue weighted by atomic mass is 10.1. The first-order valence-electron chi connectivity index (χ1n) is 7.03. The van der Waals surface area contributed by atoms with Crippen molar-refractivity contribution in [2.45, 2.75) is 59.3 Å². The Morgan fingerprint density at radius 3 is 2.63 bits per heavy atom. The Bertz CT molecular complexity index is 422. The summed E-state index contributed by atoms with van der Waals surface area (Å²) in [5.74, 6) is 1.51. The van der Waals surface area contributed by atoms with Crippen molar-refractivity contribution in [2.75, 3.05) is 0 Å². The maximum atomic E-state index is 11.6. The second-order valence-corrected chi connectivity index (χ2v) is 4.81. The number of unbranched alkanes of at least 4 members (excludes halogenated alkanes) is 4. The standard InChI is InChI=1S/C15H24N2O2/c1-4-5-6-7-8-9-15(18)17-16-13(3)14-11-10-12(2)19-14/h10-11H,4-9H2,1-3H3,(H,17,18). The zero-order chi connectivity index (χ0) is 14.1. The molecule has 1 amide bonds. The first-order valence-corrected chi connectivity index (χ1v) is 7.03. The molecular weight excluding hydrogens is 240 g/mol. The van der Waals surface area contributed by atoms with Crippen molar-refractivity contribution in [3.63, 3.8) is 0 Å². The number of hydrogen-bond acceptors (Lipinski definition) is 3. The van der Waals surface area contributed by atoms with E-state index in [0.29, 0.717) is 17.9 Å². The minimum absolute atomic E-state index is 0.0286. The summed E-state index contributed by atoms with van der Waals surface area (Å²) in [5, 5.41) is 4.05. The second kappa shape index (κ2) is 8.51. The van der Waals surface area contributed by atoms with Crippen LogP contribution in [0.4, 0.5) is 0 Å². The minimum Gasteiger partial charge on any atom is -0.460 e. The number of hydrogen-bond donors (Lipinski definition) is 1. The van der Waals surface area contributed by atoms with Gasteiger partial charge in [-0.3, -0.25) is 4.79 Å². The quantitative estimate of drug-likeness (QED) is 0.441. The SMILES string of the molecule is CCCCCCCC(=O)NN=C(C)c1ccc(C)o1. The Kier molecular flexibility index (Phi) is 6.93. The molecule has 0 spiro atoms. The fourth-order valence-electron chi connectivity index (χ4n) is 1.78. The second-order valence-electron chi connectivity index (χ2n) is 4.81. The van der Waals surface area contributed by atoms with Crippen LogP contribution < -0.4 is 5.43 Å². The average Bonchev–Trinajstić information content (AvgIpc) is 2.82. The van der Waals surface area contributed by atoms with Gasteiger partial charge >= 0.3 is 0 Å². The summed E-state index contributed by atoms with van der Waals surface area (Å²) in [6.45, 7) is 5.88. The Morgan fingerprint density at radius 2 is 2.00 bits per heavy atom. The van der Waals surface area contributed by atoms with E-state index in [1.54, 1.807) is 0 Å². The van der Waals surface area contributed by atoms with E-state index < -0.39 is 0 Å². The third-order valence-corrected chi connectivity index (χ3v) is 2.95. The van der Waals surface area contributed by atoms with Crippen molar-refractivity contribution in [3.05, 3.63) is 23.7 Å². The summed E-state index contributed by atoms with van der Waals surface area (Å²) in [4.78, 5) is 11.6. The number of hydrazone groups is 1. The van der Waals surface area contributed by atoms with E-state index in [9.17, 15) is 4.79 Å². The smallest absolute Gasteiger partial charge is 0.240 e. The van der Waals surface area contributed by atoms with Crippen LogP contribution in [0.15, 0.2) is 21.7 Å². The maximum Gasteiger partial charge on any atom is 0.240 e. The zero-order valence-electron chi connectivity index (χ0n) is 12.2. The molecule has 0 bridgehead atoms. The van der Waals surface area contributed by atoms with E-state index in [-0.39, 0.29) is 5.91 Å². The normalized spacial score (nSPS) is 11.6. The maximum absolute atomic E-state index is 11.6. The fraction of sp³-hybridized carbons (Fsp3) is 0.600. The lowest BCUT2D eigenvalue weighted by Gasteiger charge is -2.01. The summed E-state index contributed by atoms with van der Waals surface area (Å²) in [6.07, 6.45) is 6.26. The van der Waals surface area contributed by atoms with Crippen LogP contribution in [0.1, 0.15) is 63.9 Å². The van der Waals surface area contributed by atoms with Gasteiger partial charge in [-0.2, -0.15) is 5.10 Å². The van der Waals surface area contributed by atoms with Crippen LogP contribution in [-0.2, 0) is 4.79 Å². The molecule has 0 saturated carbocycles. The summed E-state index contributed by atoms with van der Waals surface area (Å²) < 4.78 is 5.42. The van der Waals surface area contributed by atoms with Gasteiger partial charge in [0, 0.05) is 6.42 Å². The molecule has 1 N–H and O–H groups in total. The Morgan fingerprint density at radius 1 is 1.26 bits per heavy atom. The van der Waals surface area contributed by atoms with E-state index in [0.717, 1.165) is 18.6 Å².